The predicted molar refractivity (Wildman–Crippen MR) is 66.9 cm³/mol. The van der Waals surface area contributed by atoms with Crippen molar-refractivity contribution in [3.05, 3.63) is 16.4 Å². The van der Waals surface area contributed by atoms with Gasteiger partial charge in [0.2, 0.25) is 12.1 Å². The summed E-state index contributed by atoms with van der Waals surface area (Å²) in [6.07, 6.45) is 4.44. The normalized spacial score (nSPS) is 23.0. The molecule has 0 aromatic carbocycles. The Hall–Kier alpha value is -2.12. The van der Waals surface area contributed by atoms with Gasteiger partial charge in [0.1, 0.15) is 0 Å². The Morgan fingerprint density at radius 2 is 2.26 bits per heavy atom. The molecule has 8 heteroatoms. The molecule has 1 fully saturated rings. The van der Waals surface area contributed by atoms with E-state index >= 15 is 0 Å². The number of aryl methyl sites for hydroxylation is 1. The summed E-state index contributed by atoms with van der Waals surface area (Å²) < 4.78 is 1.51. The first-order valence-corrected chi connectivity index (χ1v) is 6.15. The first kappa shape index (κ1) is 13.3. The third kappa shape index (κ3) is 2.67. The molecule has 0 radical (unpaired) electrons. The SMILES string of the molecule is Cn1cnc([N+](=O)[O-])c1NC1CCCCC1C(=O)O. The minimum atomic E-state index is -0.859. The van der Waals surface area contributed by atoms with Gasteiger partial charge >= 0.3 is 11.8 Å². The molecule has 0 amide bonds. The van der Waals surface area contributed by atoms with E-state index in [1.807, 2.05) is 0 Å². The smallest absolute Gasteiger partial charge is 0.406 e. The molecule has 0 saturated heterocycles. The van der Waals surface area contributed by atoms with E-state index in [4.69, 9.17) is 0 Å². The Morgan fingerprint density at radius 1 is 1.58 bits per heavy atom. The van der Waals surface area contributed by atoms with Crippen LogP contribution in [0.4, 0.5) is 11.6 Å². The maximum atomic E-state index is 11.2. The molecule has 2 N–H and O–H groups in total. The Balaban J connectivity index is 2.21. The number of rotatable bonds is 4. The van der Waals surface area contributed by atoms with Crippen LogP contribution in [0.2, 0.25) is 0 Å². The molecule has 8 nitrogen and oxygen atoms in total. The van der Waals surface area contributed by atoms with Crippen LogP contribution in [0.3, 0.4) is 0 Å². The van der Waals surface area contributed by atoms with Crippen LogP contribution in [0.1, 0.15) is 25.7 Å². The number of aromatic nitrogens is 2. The predicted octanol–water partition coefficient (Wildman–Crippen LogP) is 1.38. The van der Waals surface area contributed by atoms with Gasteiger partial charge in [0.25, 0.3) is 0 Å². The van der Waals surface area contributed by atoms with Crippen molar-refractivity contribution >= 4 is 17.6 Å². The Kier molecular flexibility index (Phi) is 3.68. The largest absolute Gasteiger partial charge is 0.481 e. The highest BCUT2D eigenvalue weighted by Crippen LogP contribution is 2.30. The number of carboxylic acids is 1. The summed E-state index contributed by atoms with van der Waals surface area (Å²) >= 11 is 0. The van der Waals surface area contributed by atoms with E-state index in [1.165, 1.54) is 10.9 Å². The zero-order chi connectivity index (χ0) is 14.0. The molecule has 2 atom stereocenters. The van der Waals surface area contributed by atoms with E-state index < -0.39 is 16.8 Å². The van der Waals surface area contributed by atoms with Gasteiger partial charge in [0, 0.05) is 13.1 Å². The van der Waals surface area contributed by atoms with Gasteiger partial charge in [0.05, 0.1) is 5.92 Å². The highest BCUT2D eigenvalue weighted by molar-refractivity contribution is 5.72. The van der Waals surface area contributed by atoms with E-state index in [-0.39, 0.29) is 17.7 Å². The number of carboxylic acid groups (broad SMARTS) is 1. The van der Waals surface area contributed by atoms with E-state index in [0.717, 1.165) is 12.8 Å². The number of nitrogens with zero attached hydrogens (tertiary/aromatic N) is 3. The molecule has 1 aromatic rings. The Labute approximate surface area is 109 Å². The van der Waals surface area contributed by atoms with Crippen molar-refractivity contribution in [2.24, 2.45) is 13.0 Å². The zero-order valence-corrected chi connectivity index (χ0v) is 10.6. The average molecular weight is 268 g/mol. The standard InChI is InChI=1S/C11H16N4O4/c1-14-6-12-9(15(18)19)10(14)13-8-5-3-2-4-7(8)11(16)17/h6-8,13H,2-5H2,1H3,(H,16,17). The van der Waals surface area contributed by atoms with Crippen molar-refractivity contribution in [3.8, 4) is 0 Å². The zero-order valence-electron chi connectivity index (χ0n) is 10.6. The average Bonchev–Trinajstić information content (AvgIpc) is 2.72. The quantitative estimate of drug-likeness (QED) is 0.630. The van der Waals surface area contributed by atoms with Crippen molar-refractivity contribution in [3.63, 3.8) is 0 Å². The lowest BCUT2D eigenvalue weighted by atomic mass is 9.84. The number of carbonyl (C=O) groups is 1. The maximum absolute atomic E-state index is 11.2. The molecular weight excluding hydrogens is 252 g/mol. The summed E-state index contributed by atoms with van der Waals surface area (Å²) in [7, 11) is 1.64. The monoisotopic (exact) mass is 268 g/mol. The van der Waals surface area contributed by atoms with Crippen molar-refractivity contribution in [1.82, 2.24) is 9.55 Å². The second-order valence-electron chi connectivity index (χ2n) is 4.76. The third-order valence-corrected chi connectivity index (χ3v) is 3.50. The van der Waals surface area contributed by atoms with Gasteiger partial charge in [-0.3, -0.25) is 9.36 Å². The summed E-state index contributed by atoms with van der Waals surface area (Å²) in [6, 6.07) is -0.291. The van der Waals surface area contributed by atoms with Crippen LogP contribution < -0.4 is 5.32 Å². The van der Waals surface area contributed by atoms with Crippen LogP contribution in [0.5, 0.6) is 0 Å². The van der Waals surface area contributed by atoms with Gasteiger partial charge in [-0.25, -0.2) is 0 Å². The van der Waals surface area contributed by atoms with Crippen LogP contribution in [-0.4, -0.2) is 31.6 Å². The second-order valence-corrected chi connectivity index (χ2v) is 4.76. The van der Waals surface area contributed by atoms with Crippen LogP contribution in [0.15, 0.2) is 6.33 Å². The molecule has 1 aromatic heterocycles. The van der Waals surface area contributed by atoms with Gasteiger partial charge in [-0.1, -0.05) is 12.8 Å². The molecule has 1 aliphatic rings. The summed E-state index contributed by atoms with van der Waals surface area (Å²) in [5.74, 6) is -1.37. The first-order valence-electron chi connectivity index (χ1n) is 6.15. The molecule has 0 bridgehead atoms. The topological polar surface area (TPSA) is 110 Å². The van der Waals surface area contributed by atoms with Gasteiger partial charge in [0.15, 0.2) is 0 Å². The molecule has 1 heterocycles. The molecule has 104 valence electrons. The molecule has 2 unspecified atom stereocenters. The van der Waals surface area contributed by atoms with Crippen LogP contribution in [-0.2, 0) is 11.8 Å². The van der Waals surface area contributed by atoms with Gasteiger partial charge in [-0.2, -0.15) is 0 Å². The number of imidazole rings is 1. The molecule has 2 rings (SSSR count). The Morgan fingerprint density at radius 3 is 2.89 bits per heavy atom. The van der Waals surface area contributed by atoms with Crippen molar-refractivity contribution < 1.29 is 14.8 Å². The molecule has 0 spiro atoms. The first-order chi connectivity index (χ1) is 9.00. The molecule has 1 aliphatic carbocycles. The van der Waals surface area contributed by atoms with Crippen molar-refractivity contribution in [1.29, 1.82) is 0 Å². The number of nitro groups is 1. The molecular formula is C11H16N4O4. The molecule has 1 saturated carbocycles. The highest BCUT2D eigenvalue weighted by atomic mass is 16.6. The van der Waals surface area contributed by atoms with Crippen LogP contribution >= 0.6 is 0 Å². The molecule has 0 aliphatic heterocycles. The van der Waals surface area contributed by atoms with Crippen LogP contribution in [0.25, 0.3) is 0 Å². The lowest BCUT2D eigenvalue weighted by Gasteiger charge is -2.29. The third-order valence-electron chi connectivity index (χ3n) is 3.50. The summed E-state index contributed by atoms with van der Waals surface area (Å²) in [5, 5.41) is 23.0. The van der Waals surface area contributed by atoms with E-state index in [0.29, 0.717) is 12.8 Å². The Bertz CT molecular complexity index is 499. The van der Waals surface area contributed by atoms with Crippen molar-refractivity contribution in [2.45, 2.75) is 31.7 Å². The lowest BCUT2D eigenvalue weighted by molar-refractivity contribution is -0.388. The summed E-state index contributed by atoms with van der Waals surface area (Å²) in [5.41, 5.74) is 0. The van der Waals surface area contributed by atoms with E-state index in [9.17, 15) is 20.0 Å². The van der Waals surface area contributed by atoms with Gasteiger partial charge in [-0.15, -0.1) is 0 Å². The fourth-order valence-corrected chi connectivity index (χ4v) is 2.49. The summed E-state index contributed by atoms with van der Waals surface area (Å²) in [6.45, 7) is 0. The number of hydrogen-bond acceptors (Lipinski definition) is 5. The fourth-order valence-electron chi connectivity index (χ4n) is 2.49. The maximum Gasteiger partial charge on any atom is 0.406 e. The highest BCUT2D eigenvalue weighted by Gasteiger charge is 2.33. The van der Waals surface area contributed by atoms with Crippen molar-refractivity contribution in [2.75, 3.05) is 5.32 Å². The number of hydrogen-bond donors (Lipinski definition) is 2. The number of anilines is 1. The van der Waals surface area contributed by atoms with E-state index in [2.05, 4.69) is 10.3 Å². The minimum absolute atomic E-state index is 0.266. The number of nitrogens with one attached hydrogen (secondary N) is 1. The van der Waals surface area contributed by atoms with Gasteiger partial charge < -0.3 is 20.5 Å². The lowest BCUT2D eigenvalue weighted by Crippen LogP contribution is -2.37. The number of aliphatic carboxylic acids is 1. The fraction of sp³-hybridized carbons (Fsp3) is 0.636. The second kappa shape index (κ2) is 5.25. The molecule has 19 heavy (non-hydrogen) atoms. The summed E-state index contributed by atoms with van der Waals surface area (Å²) in [4.78, 5) is 25.2. The van der Waals surface area contributed by atoms with Gasteiger partial charge in [-0.05, 0) is 22.7 Å². The minimum Gasteiger partial charge on any atom is -0.481 e. The van der Waals surface area contributed by atoms with Crippen LogP contribution in [0, 0.1) is 16.0 Å². The van der Waals surface area contributed by atoms with E-state index in [1.54, 1.807) is 7.05 Å².